The molecule has 0 spiro atoms. The predicted octanol–water partition coefficient (Wildman–Crippen LogP) is 4.68. The molecule has 3 heterocycles. The Morgan fingerprint density at radius 2 is 1.79 bits per heavy atom. The zero-order valence-corrected chi connectivity index (χ0v) is 22.0. The third-order valence-corrected chi connectivity index (χ3v) is 7.37. The first-order valence-electron chi connectivity index (χ1n) is 13.7. The molecule has 0 saturated carbocycles. The summed E-state index contributed by atoms with van der Waals surface area (Å²) in [7, 11) is 0. The highest BCUT2D eigenvalue weighted by atomic mass is 16.5. The van der Waals surface area contributed by atoms with E-state index in [4.69, 9.17) is 9.47 Å². The second-order valence-electron chi connectivity index (χ2n) is 10.0. The number of rotatable bonds is 8. The number of hydrogen-bond donors (Lipinski definition) is 1. The van der Waals surface area contributed by atoms with Gasteiger partial charge in [-0.25, -0.2) is 0 Å². The Morgan fingerprint density at radius 3 is 2.58 bits per heavy atom. The van der Waals surface area contributed by atoms with Crippen LogP contribution in [0.2, 0.25) is 0 Å². The van der Waals surface area contributed by atoms with Crippen molar-refractivity contribution in [1.82, 2.24) is 20.0 Å². The fourth-order valence-corrected chi connectivity index (χ4v) is 5.36. The van der Waals surface area contributed by atoms with Crippen LogP contribution >= 0.6 is 0 Å². The van der Waals surface area contributed by atoms with Crippen molar-refractivity contribution in [3.05, 3.63) is 71.9 Å². The molecular weight excluding hydrogens is 480 g/mol. The van der Waals surface area contributed by atoms with E-state index >= 15 is 0 Å². The van der Waals surface area contributed by atoms with Gasteiger partial charge in [-0.1, -0.05) is 48.9 Å². The summed E-state index contributed by atoms with van der Waals surface area (Å²) in [6, 6.07) is 19.6. The van der Waals surface area contributed by atoms with Crippen molar-refractivity contribution in [2.24, 2.45) is 0 Å². The number of nitrogens with zero attached hydrogens (tertiary/aromatic N) is 3. The van der Waals surface area contributed by atoms with Crippen LogP contribution in [0.25, 0.3) is 11.3 Å². The molecule has 8 nitrogen and oxygen atoms in total. The van der Waals surface area contributed by atoms with Gasteiger partial charge < -0.3 is 14.4 Å². The number of amides is 1. The molecule has 2 fully saturated rings. The number of hydrogen-bond acceptors (Lipinski definition) is 6. The highest BCUT2D eigenvalue weighted by Crippen LogP contribution is 2.25. The molecule has 0 bridgehead atoms. The molecule has 1 aromatic heterocycles. The minimum Gasteiger partial charge on any atom is -0.490 e. The Balaban J connectivity index is 1.14. The Kier molecular flexibility index (Phi) is 8.38. The van der Waals surface area contributed by atoms with Gasteiger partial charge >= 0.3 is 5.97 Å². The van der Waals surface area contributed by atoms with Crippen LogP contribution in [-0.4, -0.2) is 70.3 Å². The first-order valence-corrected chi connectivity index (χ1v) is 13.7. The average Bonchev–Trinajstić information content (AvgIpc) is 3.45. The molecule has 2 aromatic carbocycles. The number of benzene rings is 2. The van der Waals surface area contributed by atoms with E-state index in [9.17, 15) is 9.59 Å². The lowest BCUT2D eigenvalue weighted by Gasteiger charge is -2.34. The van der Waals surface area contributed by atoms with Gasteiger partial charge in [-0.2, -0.15) is 5.10 Å². The smallest absolute Gasteiger partial charge is 0.323 e. The number of piperidine rings is 2. The molecular formula is C30H36N4O4. The zero-order chi connectivity index (χ0) is 26.3. The van der Waals surface area contributed by atoms with E-state index in [1.54, 1.807) is 0 Å². The summed E-state index contributed by atoms with van der Waals surface area (Å²) >= 11 is 0. The van der Waals surface area contributed by atoms with E-state index < -0.39 is 0 Å². The number of carbonyl (C=O) groups excluding carboxylic acids is 2. The lowest BCUT2D eigenvalue weighted by molar-refractivity contribution is -0.151. The van der Waals surface area contributed by atoms with Crippen molar-refractivity contribution in [1.29, 1.82) is 0 Å². The van der Waals surface area contributed by atoms with E-state index in [0.29, 0.717) is 31.9 Å². The summed E-state index contributed by atoms with van der Waals surface area (Å²) in [6.07, 6.45) is 4.59. The summed E-state index contributed by atoms with van der Waals surface area (Å²) in [5.74, 6) is 0.684. The van der Waals surface area contributed by atoms with Crippen molar-refractivity contribution >= 4 is 11.9 Å². The standard InChI is InChI=1S/C30H36N4O4/c1-2-37-30(36)28-13-6-7-16-34(28)21-22-9-8-12-25(19-22)38-24-14-17-33(18-15-24)29(35)27-20-26(31-32-27)23-10-4-3-5-11-23/h3-5,8-12,19-20,24,28H,2,6-7,13-18,21H2,1H3,(H,31,32). The number of H-pyrrole nitrogens is 1. The van der Waals surface area contributed by atoms with Crippen molar-refractivity contribution < 1.29 is 19.1 Å². The van der Waals surface area contributed by atoms with E-state index in [1.807, 2.05) is 60.4 Å². The third-order valence-electron chi connectivity index (χ3n) is 7.37. The average molecular weight is 517 g/mol. The molecule has 8 heteroatoms. The number of esters is 1. The third kappa shape index (κ3) is 6.25. The lowest BCUT2D eigenvalue weighted by atomic mass is 10.0. The molecule has 1 N–H and O–H groups in total. The van der Waals surface area contributed by atoms with Crippen molar-refractivity contribution in [2.45, 2.75) is 57.7 Å². The summed E-state index contributed by atoms with van der Waals surface area (Å²) in [5.41, 5.74) is 3.38. The molecule has 38 heavy (non-hydrogen) atoms. The highest BCUT2D eigenvalue weighted by Gasteiger charge is 2.30. The maximum Gasteiger partial charge on any atom is 0.323 e. The van der Waals surface area contributed by atoms with Crippen molar-refractivity contribution in [3.8, 4) is 17.0 Å². The van der Waals surface area contributed by atoms with Gasteiger partial charge in [0.2, 0.25) is 0 Å². The van der Waals surface area contributed by atoms with E-state index in [0.717, 1.165) is 61.2 Å². The molecule has 5 rings (SSSR count). The van der Waals surface area contributed by atoms with Crippen LogP contribution in [-0.2, 0) is 16.1 Å². The van der Waals surface area contributed by atoms with E-state index in [2.05, 4.69) is 27.2 Å². The topological polar surface area (TPSA) is 87.8 Å². The molecule has 2 aliphatic rings. The van der Waals surface area contributed by atoms with Gasteiger partial charge in [0.15, 0.2) is 0 Å². The fourth-order valence-electron chi connectivity index (χ4n) is 5.36. The number of aromatic nitrogens is 2. The Bertz CT molecular complexity index is 1220. The maximum atomic E-state index is 13.0. The SMILES string of the molecule is CCOC(=O)C1CCCCN1Cc1cccc(OC2CCN(C(=O)c3cc(-c4ccccc4)n[nH]3)CC2)c1. The van der Waals surface area contributed by atoms with Crippen LogP contribution in [0.1, 0.15) is 55.1 Å². The monoisotopic (exact) mass is 516 g/mol. The van der Waals surface area contributed by atoms with Crippen molar-refractivity contribution in [3.63, 3.8) is 0 Å². The number of carbonyl (C=O) groups is 2. The first kappa shape index (κ1) is 26.0. The lowest BCUT2D eigenvalue weighted by Crippen LogP contribution is -2.44. The van der Waals surface area contributed by atoms with Crippen molar-refractivity contribution in [2.75, 3.05) is 26.2 Å². The molecule has 1 amide bonds. The highest BCUT2D eigenvalue weighted by molar-refractivity contribution is 5.93. The van der Waals surface area contributed by atoms with Crippen LogP contribution in [0.5, 0.6) is 5.75 Å². The largest absolute Gasteiger partial charge is 0.490 e. The molecule has 3 aromatic rings. The molecule has 0 aliphatic carbocycles. The number of ether oxygens (including phenoxy) is 2. The number of likely N-dealkylation sites (tertiary alicyclic amines) is 2. The number of nitrogens with one attached hydrogen (secondary N) is 1. The number of aromatic amines is 1. The van der Waals surface area contributed by atoms with E-state index in [-0.39, 0.29) is 24.0 Å². The molecule has 2 aliphatic heterocycles. The second kappa shape index (κ2) is 12.3. The summed E-state index contributed by atoms with van der Waals surface area (Å²) < 4.78 is 11.6. The summed E-state index contributed by atoms with van der Waals surface area (Å²) in [4.78, 5) is 29.6. The van der Waals surface area contributed by atoms with Gasteiger partial charge in [0.25, 0.3) is 5.91 Å². The minimum atomic E-state index is -0.172. The zero-order valence-electron chi connectivity index (χ0n) is 22.0. The Morgan fingerprint density at radius 1 is 0.974 bits per heavy atom. The van der Waals surface area contributed by atoms with Gasteiger partial charge in [0.1, 0.15) is 23.6 Å². The Hall–Kier alpha value is -3.65. The fraction of sp³-hybridized carbons (Fsp3) is 0.433. The first-order chi connectivity index (χ1) is 18.6. The maximum absolute atomic E-state index is 13.0. The van der Waals surface area contributed by atoms with Gasteiger partial charge in [0, 0.05) is 38.0 Å². The summed E-state index contributed by atoms with van der Waals surface area (Å²) in [6.45, 7) is 5.13. The summed E-state index contributed by atoms with van der Waals surface area (Å²) in [5, 5.41) is 7.22. The molecule has 200 valence electrons. The quantitative estimate of drug-likeness (QED) is 0.438. The van der Waals surface area contributed by atoms with E-state index in [1.165, 1.54) is 0 Å². The molecule has 0 radical (unpaired) electrons. The van der Waals surface area contributed by atoms with Gasteiger partial charge in [-0.05, 0) is 50.1 Å². The second-order valence-corrected chi connectivity index (χ2v) is 10.0. The van der Waals surface area contributed by atoms with Crippen LogP contribution in [0, 0.1) is 0 Å². The van der Waals surface area contributed by atoms with Crippen LogP contribution in [0.3, 0.4) is 0 Å². The van der Waals surface area contributed by atoms with Crippen LogP contribution in [0.15, 0.2) is 60.7 Å². The minimum absolute atomic E-state index is 0.0298. The predicted molar refractivity (Wildman–Crippen MR) is 145 cm³/mol. The van der Waals surface area contributed by atoms with Crippen LogP contribution < -0.4 is 4.74 Å². The molecule has 1 atom stereocenters. The normalized spacial score (nSPS) is 18.8. The van der Waals surface area contributed by atoms with Crippen LogP contribution in [0.4, 0.5) is 0 Å². The van der Waals surface area contributed by atoms with Gasteiger partial charge in [0.05, 0.1) is 12.3 Å². The molecule has 1 unspecified atom stereocenters. The Labute approximate surface area is 223 Å². The van der Waals surface area contributed by atoms with Gasteiger partial charge in [-0.15, -0.1) is 0 Å². The van der Waals surface area contributed by atoms with Gasteiger partial charge in [-0.3, -0.25) is 19.6 Å². The molecule has 2 saturated heterocycles.